The van der Waals surface area contributed by atoms with Gasteiger partial charge in [0.25, 0.3) is 0 Å². The van der Waals surface area contributed by atoms with Gasteiger partial charge in [-0.25, -0.2) is 0 Å². The Kier molecular flexibility index (Phi) is 6.28. The molecule has 0 aromatic rings. The monoisotopic (exact) mass is 265 g/mol. The van der Waals surface area contributed by atoms with E-state index in [4.69, 9.17) is 4.74 Å². The number of allylic oxidation sites excluding steroid dienone is 2. The molecule has 0 aromatic heterocycles. The fraction of sp³-hybridized carbons (Fsp3) is 0.765. The molecule has 0 radical (unpaired) electrons. The average molecular weight is 265 g/mol. The maximum atomic E-state index is 6.01. The third kappa shape index (κ3) is 6.93. The minimum atomic E-state index is 0.167. The van der Waals surface area contributed by atoms with Gasteiger partial charge in [0, 0.05) is 11.1 Å². The Morgan fingerprint density at radius 1 is 1.11 bits per heavy atom. The molecule has 0 unspecified atom stereocenters. The molecule has 0 spiro atoms. The quantitative estimate of drug-likeness (QED) is 0.549. The molecule has 0 saturated carbocycles. The molecule has 0 aromatic carbocycles. The Morgan fingerprint density at radius 3 is 2.32 bits per heavy atom. The minimum absolute atomic E-state index is 0.167. The number of ether oxygens (including phenoxy) is 1. The molecule has 1 fully saturated rings. The maximum absolute atomic E-state index is 6.01. The van der Waals surface area contributed by atoms with Crippen LogP contribution < -0.4 is 5.32 Å². The van der Waals surface area contributed by atoms with Crippen LogP contribution >= 0.6 is 0 Å². The third-order valence-electron chi connectivity index (χ3n) is 3.53. The van der Waals surface area contributed by atoms with E-state index in [0.717, 1.165) is 32.3 Å². The molecular formula is C17H31NO. The molecule has 0 atom stereocenters. The smallest absolute Gasteiger partial charge is 0.0651 e. The first-order valence-electron chi connectivity index (χ1n) is 7.51. The average Bonchev–Trinajstić information content (AvgIpc) is 2.23. The van der Waals surface area contributed by atoms with Gasteiger partial charge in [0.1, 0.15) is 0 Å². The number of piperidine rings is 1. The summed E-state index contributed by atoms with van der Waals surface area (Å²) in [4.78, 5) is 0. The van der Waals surface area contributed by atoms with Crippen molar-refractivity contribution in [2.45, 2.75) is 77.0 Å². The van der Waals surface area contributed by atoms with Crippen molar-refractivity contribution in [2.24, 2.45) is 0 Å². The van der Waals surface area contributed by atoms with Gasteiger partial charge >= 0.3 is 0 Å². The molecule has 2 heteroatoms. The number of hydrogen-bond donors (Lipinski definition) is 1. The maximum Gasteiger partial charge on any atom is 0.0651 e. The zero-order valence-electron chi connectivity index (χ0n) is 13.2. The van der Waals surface area contributed by atoms with Crippen molar-refractivity contribution >= 4 is 0 Å². The van der Waals surface area contributed by atoms with Crippen molar-refractivity contribution < 1.29 is 4.74 Å². The van der Waals surface area contributed by atoms with Gasteiger partial charge < -0.3 is 10.1 Å². The number of unbranched alkanes of at least 4 members (excludes halogenated alkanes) is 2. The summed E-state index contributed by atoms with van der Waals surface area (Å²) in [6.45, 7) is 13.5. The van der Waals surface area contributed by atoms with E-state index >= 15 is 0 Å². The topological polar surface area (TPSA) is 21.3 Å². The Labute approximate surface area is 119 Å². The van der Waals surface area contributed by atoms with Gasteiger partial charge in [-0.1, -0.05) is 18.2 Å². The van der Waals surface area contributed by atoms with Crippen LogP contribution in [0.15, 0.2) is 24.8 Å². The van der Waals surface area contributed by atoms with E-state index in [9.17, 15) is 0 Å². The molecule has 1 rings (SSSR count). The molecule has 1 aliphatic rings. The summed E-state index contributed by atoms with van der Waals surface area (Å²) < 4.78 is 6.01. The van der Waals surface area contributed by atoms with Crippen LogP contribution in [0.5, 0.6) is 0 Å². The third-order valence-corrected chi connectivity index (χ3v) is 3.53. The first kappa shape index (κ1) is 16.5. The fourth-order valence-corrected chi connectivity index (χ4v) is 3.10. The highest BCUT2D eigenvalue weighted by molar-refractivity contribution is 4.98. The second-order valence-corrected chi connectivity index (χ2v) is 6.95. The number of nitrogens with one attached hydrogen (secondary N) is 1. The van der Waals surface area contributed by atoms with Crippen LogP contribution in [-0.2, 0) is 4.74 Å². The molecule has 1 heterocycles. The van der Waals surface area contributed by atoms with E-state index < -0.39 is 0 Å². The largest absolute Gasteiger partial charge is 0.374 e. The lowest BCUT2D eigenvalue weighted by molar-refractivity contribution is -0.00977. The van der Waals surface area contributed by atoms with E-state index in [-0.39, 0.29) is 11.1 Å². The zero-order valence-corrected chi connectivity index (χ0v) is 13.2. The van der Waals surface area contributed by atoms with Gasteiger partial charge in [0.2, 0.25) is 0 Å². The lowest BCUT2D eigenvalue weighted by Gasteiger charge is -2.46. The zero-order chi connectivity index (χ0) is 14.4. The molecule has 19 heavy (non-hydrogen) atoms. The summed E-state index contributed by atoms with van der Waals surface area (Å²) in [7, 11) is 0. The van der Waals surface area contributed by atoms with Gasteiger partial charge in [-0.2, -0.15) is 0 Å². The van der Waals surface area contributed by atoms with Crippen LogP contribution in [0.3, 0.4) is 0 Å². The summed E-state index contributed by atoms with van der Waals surface area (Å²) in [5, 5.41) is 3.68. The summed E-state index contributed by atoms with van der Waals surface area (Å²) >= 11 is 0. The van der Waals surface area contributed by atoms with Crippen LogP contribution in [0.1, 0.15) is 59.8 Å². The highest BCUT2D eigenvalue weighted by Crippen LogP contribution is 2.30. The molecule has 110 valence electrons. The summed E-state index contributed by atoms with van der Waals surface area (Å²) in [6, 6.07) is 0. The van der Waals surface area contributed by atoms with Crippen molar-refractivity contribution in [2.75, 3.05) is 6.61 Å². The van der Waals surface area contributed by atoms with Gasteiger partial charge in [-0.05, 0) is 59.8 Å². The van der Waals surface area contributed by atoms with E-state index in [1.165, 1.54) is 6.42 Å². The van der Waals surface area contributed by atoms with E-state index in [0.29, 0.717) is 6.10 Å². The van der Waals surface area contributed by atoms with E-state index in [1.807, 2.05) is 6.08 Å². The number of hydrogen-bond acceptors (Lipinski definition) is 2. The summed E-state index contributed by atoms with van der Waals surface area (Å²) in [6.07, 6.45) is 12.3. The SMILES string of the molecule is C=CCCCC=CCOC1CC(C)(C)NC(C)(C)C1. The van der Waals surface area contributed by atoms with Crippen molar-refractivity contribution in [1.82, 2.24) is 5.32 Å². The minimum Gasteiger partial charge on any atom is -0.374 e. The Morgan fingerprint density at radius 2 is 1.74 bits per heavy atom. The van der Waals surface area contributed by atoms with Crippen LogP contribution in [0.4, 0.5) is 0 Å². The molecule has 0 bridgehead atoms. The molecule has 1 saturated heterocycles. The normalized spacial score (nSPS) is 22.7. The summed E-state index contributed by atoms with van der Waals surface area (Å²) in [5.41, 5.74) is 0.334. The second-order valence-electron chi connectivity index (χ2n) is 6.95. The van der Waals surface area contributed by atoms with Crippen molar-refractivity contribution in [3.8, 4) is 0 Å². The highest BCUT2D eigenvalue weighted by Gasteiger charge is 2.37. The lowest BCUT2D eigenvalue weighted by Crippen LogP contribution is -2.59. The molecule has 1 N–H and O–H groups in total. The molecule has 0 amide bonds. The fourth-order valence-electron chi connectivity index (χ4n) is 3.10. The second kappa shape index (κ2) is 7.25. The summed E-state index contributed by atoms with van der Waals surface area (Å²) in [5.74, 6) is 0. The van der Waals surface area contributed by atoms with Gasteiger partial charge in [0.15, 0.2) is 0 Å². The Balaban J connectivity index is 2.27. The van der Waals surface area contributed by atoms with Crippen molar-refractivity contribution in [3.63, 3.8) is 0 Å². The predicted octanol–water partition coefficient (Wildman–Crippen LogP) is 4.22. The Bertz CT molecular complexity index is 288. The molecular weight excluding hydrogens is 234 g/mol. The standard InChI is InChI=1S/C17H31NO/c1-6-7-8-9-10-11-12-19-15-13-16(2,3)18-17(4,5)14-15/h6,10-11,15,18H,1,7-9,12-14H2,2-5H3. The van der Waals surface area contributed by atoms with Gasteiger partial charge in [-0.15, -0.1) is 6.58 Å². The van der Waals surface area contributed by atoms with E-state index in [1.54, 1.807) is 0 Å². The van der Waals surface area contributed by atoms with Crippen LogP contribution in [0.2, 0.25) is 0 Å². The van der Waals surface area contributed by atoms with Crippen molar-refractivity contribution in [3.05, 3.63) is 24.8 Å². The van der Waals surface area contributed by atoms with Crippen LogP contribution in [0, 0.1) is 0 Å². The number of rotatable bonds is 7. The predicted molar refractivity (Wildman–Crippen MR) is 83.5 cm³/mol. The van der Waals surface area contributed by atoms with Crippen LogP contribution in [-0.4, -0.2) is 23.8 Å². The molecule has 2 nitrogen and oxygen atoms in total. The highest BCUT2D eigenvalue weighted by atomic mass is 16.5. The Hall–Kier alpha value is -0.600. The van der Waals surface area contributed by atoms with Gasteiger partial charge in [-0.3, -0.25) is 0 Å². The van der Waals surface area contributed by atoms with E-state index in [2.05, 4.69) is 51.7 Å². The first-order chi connectivity index (χ1) is 8.85. The van der Waals surface area contributed by atoms with Crippen molar-refractivity contribution in [1.29, 1.82) is 0 Å². The van der Waals surface area contributed by atoms with Crippen LogP contribution in [0.25, 0.3) is 0 Å². The van der Waals surface area contributed by atoms with Gasteiger partial charge in [0.05, 0.1) is 12.7 Å². The molecule has 1 aliphatic heterocycles. The lowest BCUT2D eigenvalue weighted by atomic mass is 9.81. The first-order valence-corrected chi connectivity index (χ1v) is 7.51. The molecule has 0 aliphatic carbocycles.